The average Bonchev–Trinajstić information content (AvgIpc) is 2.58. The summed E-state index contributed by atoms with van der Waals surface area (Å²) < 4.78 is 12.9. The second-order valence-electron chi connectivity index (χ2n) is 6.36. The number of anilines is 2. The van der Waals surface area contributed by atoms with E-state index >= 15 is 0 Å². The highest BCUT2D eigenvalue weighted by atomic mass is 19.1. The molecule has 0 radical (unpaired) electrons. The van der Waals surface area contributed by atoms with E-state index in [2.05, 4.69) is 5.32 Å². The Balaban J connectivity index is 1.67. The van der Waals surface area contributed by atoms with Crippen LogP contribution in [0.3, 0.4) is 0 Å². The first-order valence-corrected chi connectivity index (χ1v) is 8.48. The monoisotopic (exact) mass is 340 g/mol. The van der Waals surface area contributed by atoms with Crippen molar-refractivity contribution in [2.45, 2.75) is 32.6 Å². The van der Waals surface area contributed by atoms with Gasteiger partial charge in [-0.1, -0.05) is 12.1 Å². The van der Waals surface area contributed by atoms with Crippen molar-refractivity contribution in [1.29, 1.82) is 0 Å². The molecule has 25 heavy (non-hydrogen) atoms. The molecule has 1 aliphatic rings. The molecule has 1 N–H and O–H groups in total. The van der Waals surface area contributed by atoms with Crippen molar-refractivity contribution in [3.63, 3.8) is 0 Å². The van der Waals surface area contributed by atoms with Crippen LogP contribution in [0.5, 0.6) is 0 Å². The number of aryl methyl sites for hydroxylation is 1. The molecule has 130 valence electrons. The van der Waals surface area contributed by atoms with Gasteiger partial charge in [0.2, 0.25) is 11.8 Å². The topological polar surface area (TPSA) is 49.4 Å². The maximum Gasteiger partial charge on any atom is 0.228 e. The van der Waals surface area contributed by atoms with Gasteiger partial charge in [0.1, 0.15) is 5.82 Å². The van der Waals surface area contributed by atoms with Gasteiger partial charge in [0.15, 0.2) is 0 Å². The van der Waals surface area contributed by atoms with Gasteiger partial charge < -0.3 is 10.2 Å². The molecule has 5 heteroatoms. The Hall–Kier alpha value is -2.69. The fourth-order valence-electron chi connectivity index (χ4n) is 3.09. The van der Waals surface area contributed by atoms with Gasteiger partial charge in [-0.05, 0) is 61.2 Å². The Morgan fingerprint density at radius 3 is 2.60 bits per heavy atom. The van der Waals surface area contributed by atoms with Gasteiger partial charge in [0, 0.05) is 24.3 Å². The molecule has 1 saturated heterocycles. The molecule has 0 aromatic heterocycles. The van der Waals surface area contributed by atoms with E-state index in [9.17, 15) is 14.0 Å². The SMILES string of the molecule is Cc1cc(NC(=O)Cc2ccc(F)cc2)ccc1N1CCCCC1=O. The van der Waals surface area contributed by atoms with Gasteiger partial charge in [-0.2, -0.15) is 0 Å². The van der Waals surface area contributed by atoms with E-state index in [0.29, 0.717) is 12.1 Å². The first-order chi connectivity index (χ1) is 12.0. The predicted molar refractivity (Wildman–Crippen MR) is 96.1 cm³/mol. The second-order valence-corrected chi connectivity index (χ2v) is 6.36. The number of amides is 2. The highest BCUT2D eigenvalue weighted by molar-refractivity contribution is 5.96. The largest absolute Gasteiger partial charge is 0.326 e. The number of piperidine rings is 1. The van der Waals surface area contributed by atoms with Crippen molar-refractivity contribution in [3.8, 4) is 0 Å². The van der Waals surface area contributed by atoms with E-state index in [0.717, 1.165) is 36.2 Å². The summed E-state index contributed by atoms with van der Waals surface area (Å²) in [6.07, 6.45) is 2.74. The first-order valence-electron chi connectivity index (χ1n) is 8.48. The van der Waals surface area contributed by atoms with Gasteiger partial charge in [-0.15, -0.1) is 0 Å². The van der Waals surface area contributed by atoms with Crippen molar-refractivity contribution in [2.24, 2.45) is 0 Å². The minimum absolute atomic E-state index is 0.155. The van der Waals surface area contributed by atoms with Crippen LogP contribution in [0.1, 0.15) is 30.4 Å². The highest BCUT2D eigenvalue weighted by Crippen LogP contribution is 2.27. The van der Waals surface area contributed by atoms with Crippen molar-refractivity contribution in [3.05, 3.63) is 59.4 Å². The van der Waals surface area contributed by atoms with Crippen LogP contribution in [-0.4, -0.2) is 18.4 Å². The summed E-state index contributed by atoms with van der Waals surface area (Å²) >= 11 is 0. The Bertz CT molecular complexity index is 787. The Morgan fingerprint density at radius 2 is 1.92 bits per heavy atom. The highest BCUT2D eigenvalue weighted by Gasteiger charge is 2.21. The van der Waals surface area contributed by atoms with Crippen LogP contribution in [0.4, 0.5) is 15.8 Å². The molecule has 1 fully saturated rings. The number of benzene rings is 2. The summed E-state index contributed by atoms with van der Waals surface area (Å²) in [5.74, 6) is -0.321. The second kappa shape index (κ2) is 7.47. The molecule has 0 unspecified atom stereocenters. The number of nitrogens with zero attached hydrogens (tertiary/aromatic N) is 1. The maximum atomic E-state index is 12.9. The number of nitrogens with one attached hydrogen (secondary N) is 1. The fraction of sp³-hybridized carbons (Fsp3) is 0.300. The number of hydrogen-bond donors (Lipinski definition) is 1. The molecule has 4 nitrogen and oxygen atoms in total. The lowest BCUT2D eigenvalue weighted by Crippen LogP contribution is -2.35. The van der Waals surface area contributed by atoms with Gasteiger partial charge >= 0.3 is 0 Å². The van der Waals surface area contributed by atoms with E-state index < -0.39 is 0 Å². The number of rotatable bonds is 4. The minimum Gasteiger partial charge on any atom is -0.326 e. The molecule has 1 heterocycles. The summed E-state index contributed by atoms with van der Waals surface area (Å²) in [6, 6.07) is 11.5. The minimum atomic E-state index is -0.317. The number of halogens is 1. The lowest BCUT2D eigenvalue weighted by atomic mass is 10.1. The van der Waals surface area contributed by atoms with E-state index in [1.165, 1.54) is 12.1 Å². The maximum absolute atomic E-state index is 12.9. The van der Waals surface area contributed by atoms with Gasteiger partial charge in [0.05, 0.1) is 6.42 Å². The van der Waals surface area contributed by atoms with Crippen molar-refractivity contribution in [1.82, 2.24) is 0 Å². The molecule has 0 spiro atoms. The molecular formula is C20H21FN2O2. The smallest absolute Gasteiger partial charge is 0.228 e. The molecule has 0 saturated carbocycles. The normalized spacial score (nSPS) is 14.5. The molecule has 3 rings (SSSR count). The zero-order valence-corrected chi connectivity index (χ0v) is 14.2. The number of carbonyl (C=O) groups excluding carboxylic acids is 2. The quantitative estimate of drug-likeness (QED) is 0.919. The zero-order chi connectivity index (χ0) is 17.8. The van der Waals surface area contributed by atoms with Gasteiger partial charge in [-0.3, -0.25) is 9.59 Å². The summed E-state index contributed by atoms with van der Waals surface area (Å²) in [6.45, 7) is 2.68. The zero-order valence-electron chi connectivity index (χ0n) is 14.2. The van der Waals surface area contributed by atoms with E-state index in [4.69, 9.17) is 0 Å². The molecule has 0 aliphatic carbocycles. The fourth-order valence-corrected chi connectivity index (χ4v) is 3.09. The summed E-state index contributed by atoms with van der Waals surface area (Å²) in [5.41, 5.74) is 3.31. The molecule has 0 bridgehead atoms. The molecule has 0 atom stereocenters. The molecule has 2 aromatic carbocycles. The summed E-state index contributed by atoms with van der Waals surface area (Å²) in [4.78, 5) is 26.0. The Kier molecular flexibility index (Phi) is 5.12. The van der Waals surface area contributed by atoms with E-state index in [1.807, 2.05) is 30.0 Å². The Morgan fingerprint density at radius 1 is 1.16 bits per heavy atom. The van der Waals surface area contributed by atoms with Crippen molar-refractivity contribution in [2.75, 3.05) is 16.8 Å². The number of hydrogen-bond acceptors (Lipinski definition) is 2. The van der Waals surface area contributed by atoms with E-state index in [-0.39, 0.29) is 24.1 Å². The van der Waals surface area contributed by atoms with Crippen LogP contribution in [0.2, 0.25) is 0 Å². The number of carbonyl (C=O) groups is 2. The molecule has 2 amide bonds. The molecule has 1 aliphatic heterocycles. The lowest BCUT2D eigenvalue weighted by Gasteiger charge is -2.28. The summed E-state index contributed by atoms with van der Waals surface area (Å²) in [7, 11) is 0. The van der Waals surface area contributed by atoms with Gasteiger partial charge in [-0.25, -0.2) is 4.39 Å². The third kappa shape index (κ3) is 4.24. The van der Waals surface area contributed by atoms with Crippen LogP contribution >= 0.6 is 0 Å². The predicted octanol–water partition coefficient (Wildman–Crippen LogP) is 3.83. The average molecular weight is 340 g/mol. The molecular weight excluding hydrogens is 319 g/mol. The van der Waals surface area contributed by atoms with E-state index in [1.54, 1.807) is 12.1 Å². The van der Waals surface area contributed by atoms with Crippen molar-refractivity contribution < 1.29 is 14.0 Å². The lowest BCUT2D eigenvalue weighted by molar-refractivity contribution is -0.119. The third-order valence-corrected chi connectivity index (χ3v) is 4.37. The Labute approximate surface area is 146 Å². The standard InChI is InChI=1S/C20H21FN2O2/c1-14-12-17(9-10-18(14)23-11-3-2-4-20(23)25)22-19(24)13-15-5-7-16(21)8-6-15/h5-10,12H,2-4,11,13H2,1H3,(H,22,24). The van der Waals surface area contributed by atoms with Crippen LogP contribution < -0.4 is 10.2 Å². The van der Waals surface area contributed by atoms with Crippen molar-refractivity contribution >= 4 is 23.2 Å². The van der Waals surface area contributed by atoms with Crippen LogP contribution in [0, 0.1) is 12.7 Å². The van der Waals surface area contributed by atoms with Crippen LogP contribution in [0.15, 0.2) is 42.5 Å². The van der Waals surface area contributed by atoms with Gasteiger partial charge in [0.25, 0.3) is 0 Å². The van der Waals surface area contributed by atoms with Crippen LogP contribution in [0.25, 0.3) is 0 Å². The molecule has 2 aromatic rings. The van der Waals surface area contributed by atoms with Crippen LogP contribution in [-0.2, 0) is 16.0 Å². The summed E-state index contributed by atoms with van der Waals surface area (Å²) in [5, 5.41) is 2.85. The first kappa shape index (κ1) is 17.1. The third-order valence-electron chi connectivity index (χ3n) is 4.37.